The summed E-state index contributed by atoms with van der Waals surface area (Å²) in [5.74, 6) is 0. The highest BCUT2D eigenvalue weighted by atomic mass is 16.5. The van der Waals surface area contributed by atoms with Crippen molar-refractivity contribution in [2.45, 2.75) is 51.6 Å². The van der Waals surface area contributed by atoms with Crippen LogP contribution in [0.2, 0.25) is 0 Å². The molecule has 0 atom stereocenters. The lowest BCUT2D eigenvalue weighted by Crippen LogP contribution is -2.38. The van der Waals surface area contributed by atoms with E-state index >= 15 is 0 Å². The van der Waals surface area contributed by atoms with E-state index in [1.807, 2.05) is 0 Å². The molecule has 2 N–H and O–H groups in total. The van der Waals surface area contributed by atoms with Crippen molar-refractivity contribution in [1.82, 2.24) is 10.6 Å². The lowest BCUT2D eigenvalue weighted by atomic mass is 10.3. The van der Waals surface area contributed by atoms with Gasteiger partial charge in [-0.2, -0.15) is 0 Å². The predicted octanol–water partition coefficient (Wildman–Crippen LogP) is 2.04. The summed E-state index contributed by atoms with van der Waals surface area (Å²) in [7, 11) is 0. The number of ether oxygens (including phenoxy) is 1. The van der Waals surface area contributed by atoms with Crippen LogP contribution in [0, 0.1) is 0 Å². The maximum absolute atomic E-state index is 11.2. The number of nitrogens with one attached hydrogen (secondary N) is 2. The zero-order valence-electron chi connectivity index (χ0n) is 10.3. The lowest BCUT2D eigenvalue weighted by molar-refractivity contribution is 0.0613. The standard InChI is InChI=1S/C12H24N2O2/c1-2-3-8-13-12(15)14-9-10-16-11-6-4-5-7-11/h11H,2-10H2,1H3,(H2,13,14,15). The molecule has 0 heterocycles. The van der Waals surface area contributed by atoms with E-state index in [0.29, 0.717) is 19.3 Å². The average Bonchev–Trinajstić information content (AvgIpc) is 2.78. The van der Waals surface area contributed by atoms with E-state index in [9.17, 15) is 4.79 Å². The second kappa shape index (κ2) is 8.39. The molecule has 0 aromatic heterocycles. The molecule has 0 bridgehead atoms. The monoisotopic (exact) mass is 228 g/mol. The van der Waals surface area contributed by atoms with Crippen molar-refractivity contribution in [3.63, 3.8) is 0 Å². The molecule has 1 aliphatic rings. The van der Waals surface area contributed by atoms with Gasteiger partial charge in [0.05, 0.1) is 12.7 Å². The fourth-order valence-corrected chi connectivity index (χ4v) is 1.89. The van der Waals surface area contributed by atoms with E-state index in [1.165, 1.54) is 25.7 Å². The van der Waals surface area contributed by atoms with Gasteiger partial charge in [-0.3, -0.25) is 0 Å². The Morgan fingerprint density at radius 2 is 1.94 bits per heavy atom. The Balaban J connectivity index is 1.87. The second-order valence-corrected chi connectivity index (χ2v) is 4.31. The minimum atomic E-state index is -0.0801. The highest BCUT2D eigenvalue weighted by molar-refractivity contribution is 5.73. The Bertz CT molecular complexity index is 191. The Morgan fingerprint density at radius 1 is 1.25 bits per heavy atom. The average molecular weight is 228 g/mol. The quantitative estimate of drug-likeness (QED) is 0.655. The van der Waals surface area contributed by atoms with E-state index < -0.39 is 0 Å². The van der Waals surface area contributed by atoms with Gasteiger partial charge in [-0.25, -0.2) is 4.79 Å². The van der Waals surface area contributed by atoms with Gasteiger partial charge < -0.3 is 15.4 Å². The van der Waals surface area contributed by atoms with E-state index in [-0.39, 0.29) is 6.03 Å². The van der Waals surface area contributed by atoms with Crippen LogP contribution >= 0.6 is 0 Å². The SMILES string of the molecule is CCCCNC(=O)NCCOC1CCCC1. The summed E-state index contributed by atoms with van der Waals surface area (Å²) >= 11 is 0. The molecular formula is C12H24N2O2. The van der Waals surface area contributed by atoms with Crippen LogP contribution in [0.25, 0.3) is 0 Å². The number of hydrogen-bond donors (Lipinski definition) is 2. The van der Waals surface area contributed by atoms with Crippen molar-refractivity contribution in [3.8, 4) is 0 Å². The third-order valence-corrected chi connectivity index (χ3v) is 2.86. The van der Waals surface area contributed by atoms with Crippen LogP contribution in [-0.4, -0.2) is 31.8 Å². The van der Waals surface area contributed by atoms with E-state index in [4.69, 9.17) is 4.74 Å². The van der Waals surface area contributed by atoms with Gasteiger partial charge in [0.25, 0.3) is 0 Å². The maximum Gasteiger partial charge on any atom is 0.314 e. The number of rotatable bonds is 7. The van der Waals surface area contributed by atoms with Crippen molar-refractivity contribution in [2.24, 2.45) is 0 Å². The zero-order valence-corrected chi connectivity index (χ0v) is 10.3. The molecule has 1 fully saturated rings. The molecule has 94 valence electrons. The van der Waals surface area contributed by atoms with Gasteiger partial charge in [0, 0.05) is 13.1 Å². The summed E-state index contributed by atoms with van der Waals surface area (Å²) < 4.78 is 5.64. The first-order valence-corrected chi connectivity index (χ1v) is 6.46. The van der Waals surface area contributed by atoms with Crippen LogP contribution in [0.15, 0.2) is 0 Å². The second-order valence-electron chi connectivity index (χ2n) is 4.31. The van der Waals surface area contributed by atoms with Crippen LogP contribution in [0.4, 0.5) is 4.79 Å². The summed E-state index contributed by atoms with van der Waals surface area (Å²) in [6, 6.07) is -0.0801. The fraction of sp³-hybridized carbons (Fsp3) is 0.917. The Kier molecular flexibility index (Phi) is 6.97. The van der Waals surface area contributed by atoms with E-state index in [2.05, 4.69) is 17.6 Å². The van der Waals surface area contributed by atoms with Gasteiger partial charge in [0.2, 0.25) is 0 Å². The molecule has 0 radical (unpaired) electrons. The molecule has 1 saturated carbocycles. The molecule has 4 nitrogen and oxygen atoms in total. The predicted molar refractivity (Wildman–Crippen MR) is 64.5 cm³/mol. The fourth-order valence-electron chi connectivity index (χ4n) is 1.89. The largest absolute Gasteiger partial charge is 0.376 e. The van der Waals surface area contributed by atoms with Crippen LogP contribution in [-0.2, 0) is 4.74 Å². The number of amides is 2. The smallest absolute Gasteiger partial charge is 0.314 e. The maximum atomic E-state index is 11.2. The first kappa shape index (κ1) is 13.3. The van der Waals surface area contributed by atoms with Crippen molar-refractivity contribution < 1.29 is 9.53 Å². The molecule has 16 heavy (non-hydrogen) atoms. The van der Waals surface area contributed by atoms with Gasteiger partial charge in [-0.1, -0.05) is 26.2 Å². The molecule has 4 heteroatoms. The van der Waals surface area contributed by atoms with Crippen molar-refractivity contribution in [2.75, 3.05) is 19.7 Å². The number of carbonyl (C=O) groups is 1. The summed E-state index contributed by atoms with van der Waals surface area (Å²) in [6.45, 7) is 4.10. The zero-order chi connectivity index (χ0) is 11.6. The molecule has 0 unspecified atom stereocenters. The normalized spacial score (nSPS) is 16.3. The van der Waals surface area contributed by atoms with E-state index in [0.717, 1.165) is 19.4 Å². The highest BCUT2D eigenvalue weighted by Crippen LogP contribution is 2.20. The molecule has 0 aromatic rings. The Hall–Kier alpha value is -0.770. The Morgan fingerprint density at radius 3 is 2.62 bits per heavy atom. The first-order valence-electron chi connectivity index (χ1n) is 6.46. The number of hydrogen-bond acceptors (Lipinski definition) is 2. The van der Waals surface area contributed by atoms with Crippen LogP contribution in [0.5, 0.6) is 0 Å². The first-order chi connectivity index (χ1) is 7.83. The molecule has 0 saturated heterocycles. The van der Waals surface area contributed by atoms with Crippen molar-refractivity contribution in [1.29, 1.82) is 0 Å². The summed E-state index contributed by atoms with van der Waals surface area (Å²) in [6.07, 6.45) is 7.51. The van der Waals surface area contributed by atoms with Crippen molar-refractivity contribution in [3.05, 3.63) is 0 Å². The van der Waals surface area contributed by atoms with Gasteiger partial charge in [0.1, 0.15) is 0 Å². The third-order valence-electron chi connectivity index (χ3n) is 2.86. The number of carbonyl (C=O) groups excluding carboxylic acids is 1. The number of urea groups is 1. The summed E-state index contributed by atoms with van der Waals surface area (Å²) in [5.41, 5.74) is 0. The topological polar surface area (TPSA) is 50.4 Å². The molecule has 1 aliphatic carbocycles. The van der Waals surface area contributed by atoms with E-state index in [1.54, 1.807) is 0 Å². The van der Waals surface area contributed by atoms with Crippen molar-refractivity contribution >= 4 is 6.03 Å². The molecule has 0 aromatic carbocycles. The summed E-state index contributed by atoms with van der Waals surface area (Å²) in [5, 5.41) is 5.60. The molecule has 1 rings (SSSR count). The summed E-state index contributed by atoms with van der Waals surface area (Å²) in [4.78, 5) is 11.2. The Labute approximate surface area is 98.1 Å². The van der Waals surface area contributed by atoms with Gasteiger partial charge in [0.15, 0.2) is 0 Å². The van der Waals surface area contributed by atoms with Crippen LogP contribution in [0.1, 0.15) is 45.4 Å². The van der Waals surface area contributed by atoms with Crippen LogP contribution < -0.4 is 10.6 Å². The molecule has 2 amide bonds. The molecule has 0 aliphatic heterocycles. The van der Waals surface area contributed by atoms with Gasteiger partial charge in [-0.15, -0.1) is 0 Å². The van der Waals surface area contributed by atoms with Gasteiger partial charge in [-0.05, 0) is 19.3 Å². The van der Waals surface area contributed by atoms with Gasteiger partial charge >= 0.3 is 6.03 Å². The highest BCUT2D eigenvalue weighted by Gasteiger charge is 2.14. The van der Waals surface area contributed by atoms with Crippen LogP contribution in [0.3, 0.4) is 0 Å². The minimum Gasteiger partial charge on any atom is -0.376 e. The minimum absolute atomic E-state index is 0.0801. The number of unbranched alkanes of at least 4 members (excludes halogenated alkanes) is 1. The molecule has 0 spiro atoms. The molecular weight excluding hydrogens is 204 g/mol. The lowest BCUT2D eigenvalue weighted by Gasteiger charge is -2.11. The third kappa shape index (κ3) is 5.95.